The molecule has 27 heavy (non-hydrogen) atoms. The molecular formula is C19H20BrNO6. The van der Waals surface area contributed by atoms with E-state index in [9.17, 15) is 14.4 Å². The third kappa shape index (κ3) is 4.57. The molecule has 1 aromatic carbocycles. The highest BCUT2D eigenvalue weighted by Gasteiger charge is 2.42. The summed E-state index contributed by atoms with van der Waals surface area (Å²) in [5, 5.41) is 2.92. The molecule has 1 heterocycles. The van der Waals surface area contributed by atoms with Crippen molar-refractivity contribution in [2.24, 2.45) is 5.92 Å². The molecular weight excluding hydrogens is 418 g/mol. The van der Waals surface area contributed by atoms with Crippen molar-refractivity contribution in [1.82, 2.24) is 5.32 Å². The summed E-state index contributed by atoms with van der Waals surface area (Å²) < 4.78 is 15.8. The van der Waals surface area contributed by atoms with E-state index in [-0.39, 0.29) is 17.8 Å². The Labute approximate surface area is 165 Å². The first-order valence-corrected chi connectivity index (χ1v) is 8.85. The number of dihydropyridines is 1. The van der Waals surface area contributed by atoms with Gasteiger partial charge in [-0.15, -0.1) is 0 Å². The summed E-state index contributed by atoms with van der Waals surface area (Å²) in [6, 6.07) is 7.26. The first kappa shape index (κ1) is 20.7. The largest absolute Gasteiger partial charge is 0.466 e. The van der Waals surface area contributed by atoms with Gasteiger partial charge in [0.25, 0.3) is 0 Å². The number of esters is 3. The van der Waals surface area contributed by atoms with Crippen molar-refractivity contribution < 1.29 is 28.6 Å². The molecule has 0 aromatic heterocycles. The van der Waals surface area contributed by atoms with E-state index < -0.39 is 23.8 Å². The van der Waals surface area contributed by atoms with Crippen molar-refractivity contribution in [2.75, 3.05) is 14.2 Å². The quantitative estimate of drug-likeness (QED) is 0.558. The molecule has 8 heteroatoms. The number of hydrogen-bond donors (Lipinski definition) is 1. The van der Waals surface area contributed by atoms with Crippen molar-refractivity contribution in [2.45, 2.75) is 20.5 Å². The Morgan fingerprint density at radius 3 is 2.07 bits per heavy atom. The highest BCUT2D eigenvalue weighted by molar-refractivity contribution is 9.10. The standard InChI is InChI=1S/C19H20BrNO6/c1-10-14(17(22)25-3)16(15(11(2)21-10)18(23)26-4)19(24)27-9-12-6-5-7-13(20)8-12/h5-8,16,21H,9H2,1-4H3. The van der Waals surface area contributed by atoms with Crippen molar-refractivity contribution >= 4 is 33.8 Å². The molecule has 0 fully saturated rings. The van der Waals surface area contributed by atoms with E-state index in [0.717, 1.165) is 10.0 Å². The van der Waals surface area contributed by atoms with E-state index in [1.165, 1.54) is 14.2 Å². The smallest absolute Gasteiger partial charge is 0.336 e. The third-order valence-corrected chi connectivity index (χ3v) is 4.57. The fraction of sp³-hybridized carbons (Fsp3) is 0.316. The topological polar surface area (TPSA) is 90.9 Å². The lowest BCUT2D eigenvalue weighted by Gasteiger charge is -2.28. The molecule has 0 aliphatic carbocycles. The lowest BCUT2D eigenvalue weighted by molar-refractivity contribution is -0.152. The van der Waals surface area contributed by atoms with Crippen LogP contribution in [0.1, 0.15) is 19.4 Å². The van der Waals surface area contributed by atoms with Crippen LogP contribution in [0.3, 0.4) is 0 Å². The van der Waals surface area contributed by atoms with Gasteiger partial charge in [-0.25, -0.2) is 9.59 Å². The first-order chi connectivity index (χ1) is 12.8. The third-order valence-electron chi connectivity index (χ3n) is 4.08. The molecule has 0 amide bonds. The summed E-state index contributed by atoms with van der Waals surface area (Å²) in [6.07, 6.45) is 0. The Kier molecular flexibility index (Phi) is 6.79. The Balaban J connectivity index is 2.37. The summed E-state index contributed by atoms with van der Waals surface area (Å²) in [5.74, 6) is -3.43. The zero-order valence-electron chi connectivity index (χ0n) is 15.4. The predicted molar refractivity (Wildman–Crippen MR) is 100.0 cm³/mol. The van der Waals surface area contributed by atoms with Crippen LogP contribution in [0, 0.1) is 5.92 Å². The van der Waals surface area contributed by atoms with Gasteiger partial charge in [-0.2, -0.15) is 0 Å². The molecule has 0 atom stereocenters. The number of hydrogen-bond acceptors (Lipinski definition) is 7. The van der Waals surface area contributed by atoms with Gasteiger partial charge in [-0.1, -0.05) is 28.1 Å². The van der Waals surface area contributed by atoms with Crippen LogP contribution < -0.4 is 5.32 Å². The van der Waals surface area contributed by atoms with Crippen LogP contribution >= 0.6 is 15.9 Å². The predicted octanol–water partition coefficient (Wildman–Crippen LogP) is 2.61. The number of methoxy groups -OCH3 is 2. The molecule has 1 aromatic rings. The maximum Gasteiger partial charge on any atom is 0.336 e. The Bertz CT molecular complexity index is 804. The summed E-state index contributed by atoms with van der Waals surface area (Å²) in [6.45, 7) is 3.24. The molecule has 1 aliphatic rings. The molecule has 0 spiro atoms. The fourth-order valence-corrected chi connectivity index (χ4v) is 3.30. The normalized spacial score (nSPS) is 14.6. The van der Waals surface area contributed by atoms with Gasteiger partial charge in [0.05, 0.1) is 25.4 Å². The molecule has 2 rings (SSSR count). The van der Waals surface area contributed by atoms with Crippen LogP contribution in [0.5, 0.6) is 0 Å². The van der Waals surface area contributed by atoms with Crippen LogP contribution in [0.2, 0.25) is 0 Å². The average Bonchev–Trinajstić information content (AvgIpc) is 2.64. The Morgan fingerprint density at radius 1 is 1.04 bits per heavy atom. The number of rotatable bonds is 5. The second-order valence-corrected chi connectivity index (χ2v) is 6.77. The molecule has 0 bridgehead atoms. The van der Waals surface area contributed by atoms with Crippen LogP contribution in [0.15, 0.2) is 51.3 Å². The van der Waals surface area contributed by atoms with E-state index in [4.69, 9.17) is 14.2 Å². The zero-order chi connectivity index (χ0) is 20.1. The van der Waals surface area contributed by atoms with E-state index in [0.29, 0.717) is 11.4 Å². The monoisotopic (exact) mass is 437 g/mol. The molecule has 0 saturated heterocycles. The molecule has 144 valence electrons. The first-order valence-electron chi connectivity index (χ1n) is 8.06. The number of allylic oxidation sites excluding steroid dienone is 2. The SMILES string of the molecule is COC(=O)C1=C(C)NC(C)=C(C(=O)OC)C1C(=O)OCc1cccc(Br)c1. The minimum absolute atomic E-state index is 0.0107. The van der Waals surface area contributed by atoms with E-state index in [1.807, 2.05) is 12.1 Å². The molecule has 0 unspecified atom stereocenters. The lowest BCUT2D eigenvalue weighted by Crippen LogP contribution is -2.37. The highest BCUT2D eigenvalue weighted by Crippen LogP contribution is 2.32. The molecule has 0 saturated carbocycles. The lowest BCUT2D eigenvalue weighted by atomic mass is 9.85. The number of ether oxygens (including phenoxy) is 3. The van der Waals surface area contributed by atoms with Gasteiger partial charge in [0.1, 0.15) is 12.5 Å². The minimum Gasteiger partial charge on any atom is -0.466 e. The van der Waals surface area contributed by atoms with Gasteiger partial charge in [-0.3, -0.25) is 4.79 Å². The number of halogens is 1. The average molecular weight is 438 g/mol. The zero-order valence-corrected chi connectivity index (χ0v) is 17.0. The second-order valence-electron chi connectivity index (χ2n) is 5.86. The van der Waals surface area contributed by atoms with Crippen molar-refractivity contribution in [3.63, 3.8) is 0 Å². The summed E-state index contributed by atoms with van der Waals surface area (Å²) in [4.78, 5) is 37.4. The molecule has 0 radical (unpaired) electrons. The van der Waals surface area contributed by atoms with Gasteiger partial charge in [-0.05, 0) is 31.5 Å². The highest BCUT2D eigenvalue weighted by atomic mass is 79.9. The fourth-order valence-electron chi connectivity index (χ4n) is 2.86. The van der Waals surface area contributed by atoms with Crippen LogP contribution in [0.25, 0.3) is 0 Å². The Morgan fingerprint density at radius 2 is 1.59 bits per heavy atom. The second kappa shape index (κ2) is 8.85. The number of carbonyl (C=O) groups excluding carboxylic acids is 3. The van der Waals surface area contributed by atoms with E-state index in [1.54, 1.807) is 26.0 Å². The summed E-state index contributed by atoms with van der Waals surface area (Å²) in [5.41, 5.74) is 1.62. The maximum absolute atomic E-state index is 12.9. The molecule has 1 aliphatic heterocycles. The summed E-state index contributed by atoms with van der Waals surface area (Å²) in [7, 11) is 2.41. The van der Waals surface area contributed by atoms with Gasteiger partial charge >= 0.3 is 17.9 Å². The van der Waals surface area contributed by atoms with Crippen molar-refractivity contribution in [3.8, 4) is 0 Å². The van der Waals surface area contributed by atoms with E-state index in [2.05, 4.69) is 21.2 Å². The molecule has 7 nitrogen and oxygen atoms in total. The van der Waals surface area contributed by atoms with Crippen molar-refractivity contribution in [1.29, 1.82) is 0 Å². The van der Waals surface area contributed by atoms with Gasteiger partial charge in [0.2, 0.25) is 0 Å². The number of nitrogens with one attached hydrogen (secondary N) is 1. The van der Waals surface area contributed by atoms with E-state index >= 15 is 0 Å². The van der Waals surface area contributed by atoms with Crippen LogP contribution in [-0.2, 0) is 35.2 Å². The summed E-state index contributed by atoms with van der Waals surface area (Å²) >= 11 is 3.35. The minimum atomic E-state index is -1.24. The van der Waals surface area contributed by atoms with Crippen molar-refractivity contribution in [3.05, 3.63) is 56.8 Å². The number of carbonyl (C=O) groups is 3. The maximum atomic E-state index is 12.9. The van der Waals surface area contributed by atoms with Gasteiger partial charge in [0.15, 0.2) is 0 Å². The van der Waals surface area contributed by atoms with Crippen LogP contribution in [0.4, 0.5) is 0 Å². The number of benzene rings is 1. The molecule has 1 N–H and O–H groups in total. The van der Waals surface area contributed by atoms with Gasteiger partial charge in [0, 0.05) is 15.9 Å². The van der Waals surface area contributed by atoms with Gasteiger partial charge < -0.3 is 19.5 Å². The van der Waals surface area contributed by atoms with Crippen LogP contribution in [-0.4, -0.2) is 32.1 Å². The Hall–Kier alpha value is -2.61.